The fraction of sp³-hybridized carbons (Fsp3) is 0.667. The molecule has 1 unspecified atom stereocenters. The Bertz CT molecular complexity index is 247. The van der Waals surface area contributed by atoms with Gasteiger partial charge >= 0.3 is 0 Å². The van der Waals surface area contributed by atoms with E-state index in [9.17, 15) is 0 Å². The van der Waals surface area contributed by atoms with Crippen molar-refractivity contribution in [3.63, 3.8) is 0 Å². The van der Waals surface area contributed by atoms with Gasteiger partial charge in [-0.3, -0.25) is 4.68 Å². The van der Waals surface area contributed by atoms with Crippen molar-refractivity contribution < 1.29 is 0 Å². The topological polar surface area (TPSA) is 29.9 Å². The first-order chi connectivity index (χ1) is 6.22. The Morgan fingerprint density at radius 2 is 2.46 bits per heavy atom. The molecule has 0 aliphatic heterocycles. The molecule has 1 aromatic heterocycles. The molecule has 0 aliphatic rings. The lowest BCUT2D eigenvalue weighted by Crippen LogP contribution is -2.25. The van der Waals surface area contributed by atoms with E-state index in [1.165, 1.54) is 0 Å². The molecule has 0 spiro atoms. The summed E-state index contributed by atoms with van der Waals surface area (Å²) in [6.07, 6.45) is 3.11. The van der Waals surface area contributed by atoms with E-state index in [2.05, 4.69) is 33.3 Å². The third kappa shape index (κ3) is 3.91. The molecular weight excluding hydrogens is 230 g/mol. The number of hydrogen-bond acceptors (Lipinski definition) is 2. The lowest BCUT2D eigenvalue weighted by molar-refractivity contribution is 0.529. The first kappa shape index (κ1) is 10.7. The van der Waals surface area contributed by atoms with E-state index in [1.807, 2.05) is 24.0 Å². The standard InChI is InChI=1S/C9H16BrN3/c1-8(3-5-10)11-7-9-4-6-13(2)12-9/h4,6,8,11H,3,5,7H2,1-2H3. The van der Waals surface area contributed by atoms with Crippen molar-refractivity contribution in [2.24, 2.45) is 7.05 Å². The van der Waals surface area contributed by atoms with Crippen LogP contribution in [0.5, 0.6) is 0 Å². The lowest BCUT2D eigenvalue weighted by Gasteiger charge is -2.10. The van der Waals surface area contributed by atoms with Crippen molar-refractivity contribution in [2.45, 2.75) is 25.9 Å². The van der Waals surface area contributed by atoms with Crippen LogP contribution in [0, 0.1) is 0 Å². The van der Waals surface area contributed by atoms with Crippen LogP contribution in [0.1, 0.15) is 19.0 Å². The largest absolute Gasteiger partial charge is 0.309 e. The molecule has 0 bridgehead atoms. The third-order valence-corrected chi connectivity index (χ3v) is 2.40. The number of nitrogens with zero attached hydrogens (tertiary/aromatic N) is 2. The molecule has 1 heterocycles. The monoisotopic (exact) mass is 245 g/mol. The minimum atomic E-state index is 0.543. The predicted molar refractivity (Wildman–Crippen MR) is 57.9 cm³/mol. The van der Waals surface area contributed by atoms with Crippen molar-refractivity contribution in [1.29, 1.82) is 0 Å². The van der Waals surface area contributed by atoms with Gasteiger partial charge in [0.2, 0.25) is 0 Å². The average molecular weight is 246 g/mol. The van der Waals surface area contributed by atoms with Gasteiger partial charge in [0.15, 0.2) is 0 Å². The molecule has 0 amide bonds. The first-order valence-electron chi connectivity index (χ1n) is 4.50. The van der Waals surface area contributed by atoms with Crippen molar-refractivity contribution in [1.82, 2.24) is 15.1 Å². The molecule has 3 nitrogen and oxygen atoms in total. The average Bonchev–Trinajstić information content (AvgIpc) is 2.49. The summed E-state index contributed by atoms with van der Waals surface area (Å²) in [6, 6.07) is 2.58. The van der Waals surface area contributed by atoms with Gasteiger partial charge in [0.1, 0.15) is 0 Å². The molecular formula is C9H16BrN3. The van der Waals surface area contributed by atoms with Crippen LogP contribution in [-0.2, 0) is 13.6 Å². The second kappa shape index (κ2) is 5.40. The van der Waals surface area contributed by atoms with Gasteiger partial charge in [0.05, 0.1) is 5.69 Å². The van der Waals surface area contributed by atoms with Crippen molar-refractivity contribution in [2.75, 3.05) is 5.33 Å². The summed E-state index contributed by atoms with van der Waals surface area (Å²) in [5.41, 5.74) is 1.10. The molecule has 1 aromatic rings. The Morgan fingerprint density at radius 1 is 1.69 bits per heavy atom. The highest BCUT2D eigenvalue weighted by atomic mass is 79.9. The molecule has 0 saturated carbocycles. The maximum atomic E-state index is 4.29. The number of nitrogens with one attached hydrogen (secondary N) is 1. The zero-order valence-electron chi connectivity index (χ0n) is 8.13. The third-order valence-electron chi connectivity index (χ3n) is 1.94. The van der Waals surface area contributed by atoms with Crippen molar-refractivity contribution >= 4 is 15.9 Å². The summed E-state index contributed by atoms with van der Waals surface area (Å²) in [4.78, 5) is 0. The molecule has 1 rings (SSSR count). The molecule has 4 heteroatoms. The minimum Gasteiger partial charge on any atom is -0.309 e. The van der Waals surface area contributed by atoms with Crippen LogP contribution in [-0.4, -0.2) is 21.2 Å². The summed E-state index contributed by atoms with van der Waals surface area (Å²) in [6.45, 7) is 3.04. The van der Waals surface area contributed by atoms with Crippen LogP contribution in [0.4, 0.5) is 0 Å². The van der Waals surface area contributed by atoms with Crippen LogP contribution in [0.3, 0.4) is 0 Å². The normalized spacial score (nSPS) is 13.2. The maximum Gasteiger partial charge on any atom is 0.0762 e. The Kier molecular flexibility index (Phi) is 4.45. The predicted octanol–water partition coefficient (Wildman–Crippen LogP) is 1.68. The lowest BCUT2D eigenvalue weighted by atomic mass is 10.2. The Labute approximate surface area is 87.6 Å². The van der Waals surface area contributed by atoms with E-state index in [1.54, 1.807) is 0 Å². The van der Waals surface area contributed by atoms with Crippen LogP contribution in [0.15, 0.2) is 12.3 Å². The van der Waals surface area contributed by atoms with E-state index < -0.39 is 0 Å². The molecule has 0 radical (unpaired) electrons. The number of rotatable bonds is 5. The number of alkyl halides is 1. The SMILES string of the molecule is CC(CCBr)NCc1ccn(C)n1. The highest BCUT2D eigenvalue weighted by Crippen LogP contribution is 1.98. The Balaban J connectivity index is 2.26. The number of aryl methyl sites for hydroxylation is 1. The second-order valence-corrected chi connectivity index (χ2v) is 4.03. The summed E-state index contributed by atoms with van der Waals surface area (Å²) in [5, 5.41) is 8.74. The van der Waals surface area contributed by atoms with Gasteiger partial charge in [-0.05, 0) is 19.4 Å². The van der Waals surface area contributed by atoms with Crippen LogP contribution in [0.2, 0.25) is 0 Å². The van der Waals surface area contributed by atoms with Crippen molar-refractivity contribution in [3.8, 4) is 0 Å². The number of hydrogen-bond donors (Lipinski definition) is 1. The van der Waals surface area contributed by atoms with E-state index in [-0.39, 0.29) is 0 Å². The Hall–Kier alpha value is -0.350. The smallest absolute Gasteiger partial charge is 0.0762 e. The molecule has 0 aliphatic carbocycles. The van der Waals surface area contributed by atoms with Gasteiger partial charge in [0.25, 0.3) is 0 Å². The van der Waals surface area contributed by atoms with E-state index in [0.29, 0.717) is 6.04 Å². The van der Waals surface area contributed by atoms with Crippen LogP contribution in [0.25, 0.3) is 0 Å². The summed E-state index contributed by atoms with van der Waals surface area (Å²) in [7, 11) is 1.94. The van der Waals surface area contributed by atoms with E-state index in [0.717, 1.165) is 24.0 Å². The molecule has 1 atom stereocenters. The fourth-order valence-corrected chi connectivity index (χ4v) is 1.79. The fourth-order valence-electron chi connectivity index (χ4n) is 1.10. The maximum absolute atomic E-state index is 4.29. The molecule has 0 aromatic carbocycles. The minimum absolute atomic E-state index is 0.543. The van der Waals surface area contributed by atoms with Gasteiger partial charge in [0, 0.05) is 31.2 Å². The van der Waals surface area contributed by atoms with Gasteiger partial charge in [-0.1, -0.05) is 15.9 Å². The summed E-state index contributed by atoms with van der Waals surface area (Å²) < 4.78 is 1.83. The van der Waals surface area contributed by atoms with E-state index >= 15 is 0 Å². The molecule has 0 fully saturated rings. The van der Waals surface area contributed by atoms with Gasteiger partial charge < -0.3 is 5.32 Å². The second-order valence-electron chi connectivity index (χ2n) is 3.24. The molecule has 13 heavy (non-hydrogen) atoms. The van der Waals surface area contributed by atoms with Gasteiger partial charge in [-0.25, -0.2) is 0 Å². The van der Waals surface area contributed by atoms with Crippen LogP contribution < -0.4 is 5.32 Å². The number of aromatic nitrogens is 2. The van der Waals surface area contributed by atoms with E-state index in [4.69, 9.17) is 0 Å². The zero-order valence-corrected chi connectivity index (χ0v) is 9.71. The molecule has 0 saturated heterocycles. The highest BCUT2D eigenvalue weighted by molar-refractivity contribution is 9.09. The first-order valence-corrected chi connectivity index (χ1v) is 5.62. The van der Waals surface area contributed by atoms with Gasteiger partial charge in [-0.2, -0.15) is 5.10 Å². The molecule has 1 N–H and O–H groups in total. The van der Waals surface area contributed by atoms with Crippen molar-refractivity contribution in [3.05, 3.63) is 18.0 Å². The highest BCUT2D eigenvalue weighted by Gasteiger charge is 2.01. The summed E-state index contributed by atoms with van der Waals surface area (Å²) in [5.74, 6) is 0. The van der Waals surface area contributed by atoms with Crippen LogP contribution >= 0.6 is 15.9 Å². The molecule has 74 valence electrons. The zero-order chi connectivity index (χ0) is 9.68. The summed E-state index contributed by atoms with van der Waals surface area (Å²) >= 11 is 3.42. The van der Waals surface area contributed by atoms with Gasteiger partial charge in [-0.15, -0.1) is 0 Å². The quantitative estimate of drug-likeness (QED) is 0.801. The number of halogens is 1. The Morgan fingerprint density at radius 3 is 3.00 bits per heavy atom.